The summed E-state index contributed by atoms with van der Waals surface area (Å²) in [6.45, 7) is 2.56. The molecule has 1 aromatic heterocycles. The Morgan fingerprint density at radius 1 is 1.35 bits per heavy atom. The molecule has 6 nitrogen and oxygen atoms in total. The number of carbonyl (C=O) groups excluding carboxylic acids is 2. The number of rotatable bonds is 4. The number of piperidine rings is 1. The maximum absolute atomic E-state index is 12.5. The largest absolute Gasteiger partial charge is 0.480 e. The molecule has 1 aliphatic heterocycles. The molecule has 2 N–H and O–H groups in total. The van der Waals surface area contributed by atoms with E-state index < -0.39 is 0 Å². The fourth-order valence-electron chi connectivity index (χ4n) is 3.09. The van der Waals surface area contributed by atoms with E-state index in [9.17, 15) is 9.59 Å². The van der Waals surface area contributed by atoms with Gasteiger partial charge >= 0.3 is 0 Å². The Bertz CT molecular complexity index is 872. The van der Waals surface area contributed by atoms with Crippen LogP contribution in [0.3, 0.4) is 0 Å². The van der Waals surface area contributed by atoms with Gasteiger partial charge in [0.05, 0.1) is 16.0 Å². The average molecular weight is 396 g/mol. The van der Waals surface area contributed by atoms with Crippen LogP contribution in [0.2, 0.25) is 10.0 Å². The first-order valence-corrected chi connectivity index (χ1v) is 9.07. The summed E-state index contributed by atoms with van der Waals surface area (Å²) in [4.78, 5) is 29.9. The van der Waals surface area contributed by atoms with Crippen molar-refractivity contribution in [2.24, 2.45) is 11.7 Å². The van der Waals surface area contributed by atoms with Crippen molar-refractivity contribution in [1.29, 1.82) is 0 Å². The van der Waals surface area contributed by atoms with Gasteiger partial charge in [0, 0.05) is 24.2 Å². The van der Waals surface area contributed by atoms with Crippen LogP contribution >= 0.6 is 23.2 Å². The second-order valence-corrected chi connectivity index (χ2v) is 7.20. The maximum Gasteiger partial charge on any atom is 0.260 e. The Labute approximate surface area is 161 Å². The number of aryl methyl sites for hydroxylation is 1. The van der Waals surface area contributed by atoms with Crippen LogP contribution in [-0.2, 0) is 9.59 Å². The monoisotopic (exact) mass is 395 g/mol. The summed E-state index contributed by atoms with van der Waals surface area (Å²) in [5.74, 6) is -0.582. The molecule has 0 spiro atoms. The summed E-state index contributed by atoms with van der Waals surface area (Å²) in [5.41, 5.74) is 6.66. The topological polar surface area (TPSA) is 85.5 Å². The maximum atomic E-state index is 12.5. The van der Waals surface area contributed by atoms with Crippen LogP contribution in [0.25, 0.3) is 10.9 Å². The molecule has 1 atom stereocenters. The third-order valence-electron chi connectivity index (χ3n) is 4.49. The number of halogens is 2. The number of benzene rings is 1. The van der Waals surface area contributed by atoms with Crippen molar-refractivity contribution in [2.45, 2.75) is 19.8 Å². The lowest BCUT2D eigenvalue weighted by molar-refractivity contribution is -0.136. The summed E-state index contributed by atoms with van der Waals surface area (Å²) < 4.78 is 5.71. The molecule has 138 valence electrons. The molecule has 0 unspecified atom stereocenters. The number of likely N-dealkylation sites (tertiary alicyclic amines) is 1. The normalized spacial score (nSPS) is 17.3. The molecule has 0 saturated carbocycles. The minimum absolute atomic E-state index is 0.197. The lowest BCUT2D eigenvalue weighted by atomic mass is 9.97. The predicted molar refractivity (Wildman–Crippen MR) is 100 cm³/mol. The Hall–Kier alpha value is -2.05. The standard InChI is InChI=1S/C18H19Cl2N3O3/c1-10-4-5-12-13(19)7-14(20)17(16(12)22-10)26-9-15(24)23-6-2-3-11(8-23)18(21)25/h4-5,7,11H,2-3,6,8-9H2,1H3,(H2,21,25)/t11-/m0/s1. The van der Waals surface area contributed by atoms with Crippen molar-refractivity contribution in [3.63, 3.8) is 0 Å². The van der Waals surface area contributed by atoms with Crippen LogP contribution in [0.5, 0.6) is 5.75 Å². The first-order valence-electron chi connectivity index (χ1n) is 8.32. The van der Waals surface area contributed by atoms with E-state index in [1.165, 1.54) is 0 Å². The van der Waals surface area contributed by atoms with Gasteiger partial charge < -0.3 is 15.4 Å². The number of ether oxygens (including phenoxy) is 1. The van der Waals surface area contributed by atoms with Crippen LogP contribution in [0.1, 0.15) is 18.5 Å². The molecule has 1 fully saturated rings. The van der Waals surface area contributed by atoms with E-state index in [2.05, 4.69) is 4.98 Å². The number of nitrogens with two attached hydrogens (primary N) is 1. The van der Waals surface area contributed by atoms with Gasteiger partial charge in [-0.1, -0.05) is 23.2 Å². The summed E-state index contributed by atoms with van der Waals surface area (Å²) in [5, 5.41) is 1.47. The number of nitrogens with zero attached hydrogens (tertiary/aromatic N) is 2. The van der Waals surface area contributed by atoms with Gasteiger partial charge in [0.2, 0.25) is 5.91 Å². The van der Waals surface area contributed by atoms with Crippen molar-refractivity contribution in [2.75, 3.05) is 19.7 Å². The highest BCUT2D eigenvalue weighted by Crippen LogP contribution is 2.37. The molecular weight excluding hydrogens is 377 g/mol. The fraction of sp³-hybridized carbons (Fsp3) is 0.389. The lowest BCUT2D eigenvalue weighted by Crippen LogP contribution is -2.45. The van der Waals surface area contributed by atoms with Crippen molar-refractivity contribution >= 4 is 45.9 Å². The number of aromatic nitrogens is 1. The van der Waals surface area contributed by atoms with E-state index >= 15 is 0 Å². The second kappa shape index (κ2) is 7.68. The molecule has 1 aliphatic rings. The van der Waals surface area contributed by atoms with Crippen molar-refractivity contribution < 1.29 is 14.3 Å². The molecule has 0 aliphatic carbocycles. The van der Waals surface area contributed by atoms with Gasteiger partial charge in [-0.15, -0.1) is 0 Å². The number of fused-ring (bicyclic) bond motifs is 1. The van der Waals surface area contributed by atoms with Gasteiger partial charge in [-0.05, 0) is 38.0 Å². The van der Waals surface area contributed by atoms with Gasteiger partial charge in [0.1, 0.15) is 5.52 Å². The van der Waals surface area contributed by atoms with E-state index in [1.807, 2.05) is 19.1 Å². The fourth-order valence-corrected chi connectivity index (χ4v) is 3.66. The summed E-state index contributed by atoms with van der Waals surface area (Å²) in [6, 6.07) is 5.26. The number of hydrogen-bond donors (Lipinski definition) is 1. The van der Waals surface area contributed by atoms with E-state index in [4.69, 9.17) is 33.7 Å². The molecule has 3 rings (SSSR count). The highest BCUT2D eigenvalue weighted by atomic mass is 35.5. The zero-order valence-electron chi connectivity index (χ0n) is 14.3. The first kappa shape index (κ1) is 18.7. The van der Waals surface area contributed by atoms with Gasteiger partial charge in [0.15, 0.2) is 12.4 Å². The SMILES string of the molecule is Cc1ccc2c(Cl)cc(Cl)c(OCC(=O)N3CCC[C@H](C(N)=O)C3)c2n1. The zero-order chi connectivity index (χ0) is 18.8. The van der Waals surface area contributed by atoms with Crippen LogP contribution < -0.4 is 10.5 Å². The quantitative estimate of drug-likeness (QED) is 0.861. The van der Waals surface area contributed by atoms with Crippen LogP contribution in [0, 0.1) is 12.8 Å². The molecule has 2 heterocycles. The van der Waals surface area contributed by atoms with E-state index in [1.54, 1.807) is 11.0 Å². The first-order chi connectivity index (χ1) is 12.4. The summed E-state index contributed by atoms with van der Waals surface area (Å²) in [7, 11) is 0. The molecule has 26 heavy (non-hydrogen) atoms. The average Bonchev–Trinajstić information content (AvgIpc) is 2.61. The second-order valence-electron chi connectivity index (χ2n) is 6.39. The predicted octanol–water partition coefficient (Wildman–Crippen LogP) is 2.95. The van der Waals surface area contributed by atoms with Crippen molar-refractivity contribution in [3.8, 4) is 5.75 Å². The Balaban J connectivity index is 1.78. The Morgan fingerprint density at radius 3 is 2.85 bits per heavy atom. The van der Waals surface area contributed by atoms with Crippen LogP contribution in [0.4, 0.5) is 0 Å². The molecule has 2 aromatic rings. The number of pyridine rings is 1. The highest BCUT2D eigenvalue weighted by molar-refractivity contribution is 6.39. The van der Waals surface area contributed by atoms with E-state index in [0.29, 0.717) is 46.2 Å². The number of primary amides is 1. The molecule has 0 bridgehead atoms. The van der Waals surface area contributed by atoms with Gasteiger partial charge in [-0.3, -0.25) is 9.59 Å². The highest BCUT2D eigenvalue weighted by Gasteiger charge is 2.27. The minimum atomic E-state index is -0.380. The van der Waals surface area contributed by atoms with Gasteiger partial charge in [-0.2, -0.15) is 0 Å². The molecule has 0 radical (unpaired) electrons. The number of amides is 2. The van der Waals surface area contributed by atoms with Gasteiger partial charge in [-0.25, -0.2) is 4.98 Å². The van der Waals surface area contributed by atoms with Crippen molar-refractivity contribution in [3.05, 3.63) is 33.9 Å². The third-order valence-corrected chi connectivity index (χ3v) is 5.09. The minimum Gasteiger partial charge on any atom is -0.480 e. The molecule has 2 amide bonds. The van der Waals surface area contributed by atoms with E-state index in [0.717, 1.165) is 12.1 Å². The molecule has 1 saturated heterocycles. The third kappa shape index (κ3) is 3.86. The number of carbonyl (C=O) groups is 2. The van der Waals surface area contributed by atoms with E-state index in [-0.39, 0.29) is 24.3 Å². The summed E-state index contributed by atoms with van der Waals surface area (Å²) >= 11 is 12.5. The zero-order valence-corrected chi connectivity index (χ0v) is 15.8. The lowest BCUT2D eigenvalue weighted by Gasteiger charge is -2.31. The Kier molecular flexibility index (Phi) is 5.53. The molecule has 8 heteroatoms. The Morgan fingerprint density at radius 2 is 2.12 bits per heavy atom. The van der Waals surface area contributed by atoms with Crippen molar-refractivity contribution in [1.82, 2.24) is 9.88 Å². The van der Waals surface area contributed by atoms with Gasteiger partial charge in [0.25, 0.3) is 5.91 Å². The van der Waals surface area contributed by atoms with Crippen LogP contribution in [-0.4, -0.2) is 41.4 Å². The molecule has 1 aromatic carbocycles. The number of hydrogen-bond acceptors (Lipinski definition) is 4. The summed E-state index contributed by atoms with van der Waals surface area (Å²) in [6.07, 6.45) is 1.45. The van der Waals surface area contributed by atoms with Crippen LogP contribution in [0.15, 0.2) is 18.2 Å². The molecular formula is C18H19Cl2N3O3. The smallest absolute Gasteiger partial charge is 0.260 e.